The minimum Gasteiger partial charge on any atom is -0.465 e. The third-order valence-corrected chi connectivity index (χ3v) is 2.82. The Morgan fingerprint density at radius 2 is 2.16 bits per heavy atom. The second kappa shape index (κ2) is 5.60. The van der Waals surface area contributed by atoms with E-state index in [1.807, 2.05) is 0 Å². The highest BCUT2D eigenvalue weighted by molar-refractivity contribution is 6.05. The highest BCUT2D eigenvalue weighted by Crippen LogP contribution is 2.30. The van der Waals surface area contributed by atoms with E-state index in [9.17, 15) is 14.4 Å². The number of anilines is 1. The van der Waals surface area contributed by atoms with Gasteiger partial charge in [0.15, 0.2) is 0 Å². The molecule has 1 saturated carbocycles. The third-order valence-electron chi connectivity index (χ3n) is 2.82. The lowest BCUT2D eigenvalue weighted by Gasteiger charge is -2.05. The predicted molar refractivity (Wildman–Crippen MR) is 66.6 cm³/mol. The molecule has 0 bridgehead atoms. The van der Waals surface area contributed by atoms with Crippen molar-refractivity contribution in [2.24, 2.45) is 5.92 Å². The van der Waals surface area contributed by atoms with Crippen molar-refractivity contribution in [1.29, 1.82) is 0 Å². The van der Waals surface area contributed by atoms with Gasteiger partial charge in [0.2, 0.25) is 5.91 Å². The number of carbonyl (C=O) groups is 3. The van der Waals surface area contributed by atoms with Crippen molar-refractivity contribution in [2.75, 3.05) is 12.4 Å². The molecule has 6 nitrogen and oxygen atoms in total. The first kappa shape index (κ1) is 13.2. The first-order valence-electron chi connectivity index (χ1n) is 5.97. The van der Waals surface area contributed by atoms with E-state index in [2.05, 4.69) is 15.0 Å². The molecule has 0 spiro atoms. The van der Waals surface area contributed by atoms with Gasteiger partial charge in [-0.15, -0.1) is 0 Å². The van der Waals surface area contributed by atoms with Gasteiger partial charge < -0.3 is 10.1 Å². The molecule has 1 heterocycles. The Labute approximate surface area is 110 Å². The Bertz CT molecular complexity index is 523. The second-order valence-electron chi connectivity index (χ2n) is 4.39. The van der Waals surface area contributed by atoms with E-state index < -0.39 is 11.9 Å². The summed E-state index contributed by atoms with van der Waals surface area (Å²) in [6.07, 6.45) is 3.00. The molecule has 0 aliphatic heterocycles. The maximum Gasteiger partial charge on any atom is 0.338 e. The summed E-state index contributed by atoms with van der Waals surface area (Å²) in [5, 5.41) is 2.50. The number of nitrogens with one attached hydrogen (secondary N) is 1. The van der Waals surface area contributed by atoms with E-state index in [1.165, 1.54) is 25.4 Å². The number of nitrogens with zero attached hydrogens (tertiary/aromatic N) is 1. The van der Waals surface area contributed by atoms with Crippen molar-refractivity contribution in [2.45, 2.75) is 19.3 Å². The highest BCUT2D eigenvalue weighted by Gasteiger charge is 2.30. The number of aromatic nitrogens is 1. The number of hydrogen-bond acceptors (Lipinski definition) is 5. The number of Topliss-reactive ketones (excluding diaryl/α,β-unsaturated/α-hetero) is 1. The molecule has 1 N–H and O–H groups in total. The van der Waals surface area contributed by atoms with Crippen molar-refractivity contribution >= 4 is 23.5 Å². The summed E-state index contributed by atoms with van der Waals surface area (Å²) in [6.45, 7) is 0. The lowest BCUT2D eigenvalue weighted by Crippen LogP contribution is -2.18. The summed E-state index contributed by atoms with van der Waals surface area (Å²) in [7, 11) is 1.27. The Kier molecular flexibility index (Phi) is 3.89. The van der Waals surface area contributed by atoms with E-state index in [-0.39, 0.29) is 23.9 Å². The van der Waals surface area contributed by atoms with E-state index >= 15 is 0 Å². The SMILES string of the molecule is COC(=O)c1ccnc(NC(=O)CC(=O)C2CC2)c1. The first-order valence-corrected chi connectivity index (χ1v) is 5.97. The molecule has 1 amide bonds. The van der Waals surface area contributed by atoms with E-state index in [0.29, 0.717) is 5.56 Å². The maximum atomic E-state index is 11.6. The van der Waals surface area contributed by atoms with Gasteiger partial charge in [0.1, 0.15) is 11.6 Å². The van der Waals surface area contributed by atoms with Crippen LogP contribution in [0, 0.1) is 5.92 Å². The average molecular weight is 262 g/mol. The van der Waals surface area contributed by atoms with Crippen LogP contribution in [0.3, 0.4) is 0 Å². The summed E-state index contributed by atoms with van der Waals surface area (Å²) < 4.78 is 4.57. The molecular weight excluding hydrogens is 248 g/mol. The Morgan fingerprint density at radius 3 is 2.79 bits per heavy atom. The number of rotatable bonds is 5. The van der Waals surface area contributed by atoms with Gasteiger partial charge in [0.25, 0.3) is 0 Å². The molecular formula is C13H14N2O4. The van der Waals surface area contributed by atoms with Crippen molar-refractivity contribution in [3.63, 3.8) is 0 Å². The highest BCUT2D eigenvalue weighted by atomic mass is 16.5. The lowest BCUT2D eigenvalue weighted by molar-refractivity contribution is -0.126. The zero-order chi connectivity index (χ0) is 13.8. The summed E-state index contributed by atoms with van der Waals surface area (Å²) >= 11 is 0. The van der Waals surface area contributed by atoms with Crippen molar-refractivity contribution < 1.29 is 19.1 Å². The molecule has 1 aromatic rings. The van der Waals surface area contributed by atoms with E-state index in [4.69, 9.17) is 0 Å². The molecule has 2 rings (SSSR count). The minimum absolute atomic E-state index is 0.0402. The Hall–Kier alpha value is -2.24. The summed E-state index contributed by atoms with van der Waals surface area (Å²) in [5.41, 5.74) is 0.293. The summed E-state index contributed by atoms with van der Waals surface area (Å²) in [4.78, 5) is 38.3. The van der Waals surface area contributed by atoms with Crippen LogP contribution < -0.4 is 5.32 Å². The zero-order valence-corrected chi connectivity index (χ0v) is 10.5. The van der Waals surface area contributed by atoms with Gasteiger partial charge in [-0.2, -0.15) is 0 Å². The third kappa shape index (κ3) is 3.61. The Balaban J connectivity index is 1.96. The molecule has 1 aliphatic rings. The lowest BCUT2D eigenvalue weighted by atomic mass is 10.2. The summed E-state index contributed by atoms with van der Waals surface area (Å²) in [6, 6.07) is 2.89. The molecule has 6 heteroatoms. The number of amides is 1. The molecule has 1 fully saturated rings. The van der Waals surface area contributed by atoms with Crippen LogP contribution in [0.15, 0.2) is 18.3 Å². The smallest absolute Gasteiger partial charge is 0.338 e. The number of methoxy groups -OCH3 is 1. The largest absolute Gasteiger partial charge is 0.465 e. The molecule has 0 atom stereocenters. The molecule has 0 aromatic carbocycles. The van der Waals surface area contributed by atoms with Crippen LogP contribution in [0.4, 0.5) is 5.82 Å². The van der Waals surface area contributed by atoms with Gasteiger partial charge >= 0.3 is 5.97 Å². The van der Waals surface area contributed by atoms with Gasteiger partial charge in [-0.3, -0.25) is 9.59 Å². The number of ether oxygens (including phenoxy) is 1. The van der Waals surface area contributed by atoms with Gasteiger partial charge in [-0.05, 0) is 25.0 Å². The number of pyridine rings is 1. The molecule has 1 aromatic heterocycles. The minimum atomic E-state index is -0.507. The van der Waals surface area contributed by atoms with Crippen LogP contribution in [-0.4, -0.2) is 29.8 Å². The fraction of sp³-hybridized carbons (Fsp3) is 0.385. The molecule has 100 valence electrons. The zero-order valence-electron chi connectivity index (χ0n) is 10.5. The number of carbonyl (C=O) groups excluding carboxylic acids is 3. The monoisotopic (exact) mass is 262 g/mol. The topological polar surface area (TPSA) is 85.4 Å². The standard InChI is InChI=1S/C13H14N2O4/c1-19-13(18)9-4-5-14-11(6-9)15-12(17)7-10(16)8-2-3-8/h4-6,8H,2-3,7H2,1H3,(H,14,15,17). The van der Waals surface area contributed by atoms with Crippen molar-refractivity contribution in [3.05, 3.63) is 23.9 Å². The normalized spacial score (nSPS) is 13.7. The van der Waals surface area contributed by atoms with Gasteiger partial charge in [0.05, 0.1) is 19.1 Å². The summed E-state index contributed by atoms with van der Waals surface area (Å²) in [5.74, 6) is -0.670. The average Bonchev–Trinajstić information content (AvgIpc) is 3.22. The van der Waals surface area contributed by atoms with Crippen LogP contribution >= 0.6 is 0 Å². The molecule has 1 aliphatic carbocycles. The Morgan fingerprint density at radius 1 is 1.42 bits per heavy atom. The predicted octanol–water partition coefficient (Wildman–Crippen LogP) is 1.18. The van der Waals surface area contributed by atoms with Gasteiger partial charge in [-0.1, -0.05) is 0 Å². The van der Waals surface area contributed by atoms with Gasteiger partial charge in [-0.25, -0.2) is 9.78 Å². The fourth-order valence-electron chi connectivity index (χ4n) is 1.64. The first-order chi connectivity index (χ1) is 9.10. The van der Waals surface area contributed by atoms with Gasteiger partial charge in [0, 0.05) is 12.1 Å². The number of ketones is 1. The van der Waals surface area contributed by atoms with Crippen LogP contribution in [-0.2, 0) is 14.3 Å². The van der Waals surface area contributed by atoms with Crippen LogP contribution in [0.25, 0.3) is 0 Å². The molecule has 19 heavy (non-hydrogen) atoms. The molecule has 0 unspecified atom stereocenters. The van der Waals surface area contributed by atoms with Crippen LogP contribution in [0.5, 0.6) is 0 Å². The van der Waals surface area contributed by atoms with Crippen molar-refractivity contribution in [1.82, 2.24) is 4.98 Å². The molecule has 0 saturated heterocycles. The van der Waals surface area contributed by atoms with Crippen LogP contribution in [0.1, 0.15) is 29.6 Å². The van der Waals surface area contributed by atoms with Crippen molar-refractivity contribution in [3.8, 4) is 0 Å². The fourth-order valence-corrected chi connectivity index (χ4v) is 1.64. The number of hydrogen-bond donors (Lipinski definition) is 1. The maximum absolute atomic E-state index is 11.6. The van der Waals surface area contributed by atoms with E-state index in [1.54, 1.807) is 0 Å². The number of esters is 1. The van der Waals surface area contributed by atoms with Crippen LogP contribution in [0.2, 0.25) is 0 Å². The second-order valence-corrected chi connectivity index (χ2v) is 4.39. The quantitative estimate of drug-likeness (QED) is 0.636. The van der Waals surface area contributed by atoms with E-state index in [0.717, 1.165) is 12.8 Å². The molecule has 0 radical (unpaired) electrons.